The van der Waals surface area contributed by atoms with Gasteiger partial charge in [0.2, 0.25) is 11.8 Å². The Bertz CT molecular complexity index is 607. The summed E-state index contributed by atoms with van der Waals surface area (Å²) < 4.78 is 18.6. The molecular weight excluding hydrogens is 281 g/mol. The van der Waals surface area contributed by atoms with Gasteiger partial charge in [0.05, 0.1) is 5.02 Å². The molecule has 0 radical (unpaired) electrons. The topological polar surface area (TPSA) is 47.0 Å². The molecule has 0 fully saturated rings. The Labute approximate surface area is 122 Å². The average Bonchev–Trinajstić information content (AvgIpc) is 2.39. The molecule has 2 aromatic rings. The first-order chi connectivity index (χ1) is 9.58. The summed E-state index contributed by atoms with van der Waals surface area (Å²) in [6.07, 6.45) is 0.970. The Morgan fingerprint density at radius 1 is 1.30 bits per heavy atom. The molecule has 106 valence electrons. The van der Waals surface area contributed by atoms with E-state index in [9.17, 15) is 4.39 Å². The standard InChI is InChI=1S/C14H15ClFN3O/c1-3-6-17-14-18-9(2)7-13(19-14)20-12-5-4-10(16)8-11(12)15/h4-5,7-8H,3,6H2,1-2H3,(H,17,18,19). The van der Waals surface area contributed by atoms with Crippen LogP contribution in [0.1, 0.15) is 19.0 Å². The lowest BCUT2D eigenvalue weighted by Crippen LogP contribution is -2.05. The summed E-state index contributed by atoms with van der Waals surface area (Å²) in [4.78, 5) is 8.49. The van der Waals surface area contributed by atoms with Crippen LogP contribution in [-0.2, 0) is 0 Å². The number of aryl methyl sites for hydroxylation is 1. The van der Waals surface area contributed by atoms with E-state index in [-0.39, 0.29) is 5.02 Å². The third-order valence-electron chi connectivity index (χ3n) is 2.47. The number of rotatable bonds is 5. The lowest BCUT2D eigenvalue weighted by Gasteiger charge is -2.09. The molecule has 20 heavy (non-hydrogen) atoms. The molecule has 0 amide bonds. The Balaban J connectivity index is 2.21. The normalized spacial score (nSPS) is 10.4. The van der Waals surface area contributed by atoms with E-state index >= 15 is 0 Å². The first kappa shape index (κ1) is 14.5. The third-order valence-corrected chi connectivity index (χ3v) is 2.77. The van der Waals surface area contributed by atoms with Gasteiger partial charge in [-0.2, -0.15) is 4.98 Å². The number of nitrogens with one attached hydrogen (secondary N) is 1. The van der Waals surface area contributed by atoms with Crippen LogP contribution in [0.4, 0.5) is 10.3 Å². The molecular formula is C14H15ClFN3O. The van der Waals surface area contributed by atoms with Crippen molar-refractivity contribution in [2.24, 2.45) is 0 Å². The minimum absolute atomic E-state index is 0.198. The highest BCUT2D eigenvalue weighted by Gasteiger charge is 2.08. The summed E-state index contributed by atoms with van der Waals surface area (Å²) >= 11 is 5.92. The summed E-state index contributed by atoms with van der Waals surface area (Å²) in [6.45, 7) is 4.68. The lowest BCUT2D eigenvalue weighted by atomic mass is 10.3. The van der Waals surface area contributed by atoms with Crippen LogP contribution in [0, 0.1) is 12.7 Å². The molecule has 0 unspecified atom stereocenters. The highest BCUT2D eigenvalue weighted by atomic mass is 35.5. The van der Waals surface area contributed by atoms with E-state index in [0.29, 0.717) is 17.6 Å². The number of hydrogen-bond acceptors (Lipinski definition) is 4. The number of nitrogens with zero attached hydrogens (tertiary/aromatic N) is 2. The summed E-state index contributed by atoms with van der Waals surface area (Å²) in [5.74, 6) is 0.809. The van der Waals surface area contributed by atoms with Crippen LogP contribution in [-0.4, -0.2) is 16.5 Å². The molecule has 0 aliphatic rings. The van der Waals surface area contributed by atoms with Crippen molar-refractivity contribution in [2.45, 2.75) is 20.3 Å². The quantitative estimate of drug-likeness (QED) is 0.898. The molecule has 1 heterocycles. The summed E-state index contributed by atoms with van der Waals surface area (Å²) in [5, 5.41) is 3.29. The third kappa shape index (κ3) is 3.81. The smallest absolute Gasteiger partial charge is 0.226 e. The fourth-order valence-electron chi connectivity index (χ4n) is 1.58. The van der Waals surface area contributed by atoms with Crippen LogP contribution in [0.5, 0.6) is 11.6 Å². The first-order valence-electron chi connectivity index (χ1n) is 6.31. The van der Waals surface area contributed by atoms with Gasteiger partial charge in [0.1, 0.15) is 11.6 Å². The minimum Gasteiger partial charge on any atom is -0.437 e. The van der Waals surface area contributed by atoms with Crippen LogP contribution < -0.4 is 10.1 Å². The second kappa shape index (κ2) is 6.52. The molecule has 2 rings (SSSR count). The van der Waals surface area contributed by atoms with Crippen LogP contribution in [0.2, 0.25) is 5.02 Å². The Hall–Kier alpha value is -1.88. The van der Waals surface area contributed by atoms with Gasteiger partial charge in [-0.25, -0.2) is 9.37 Å². The molecule has 1 aromatic heterocycles. The molecule has 0 saturated heterocycles. The zero-order valence-electron chi connectivity index (χ0n) is 11.3. The van der Waals surface area contributed by atoms with E-state index in [4.69, 9.17) is 16.3 Å². The van der Waals surface area contributed by atoms with E-state index in [1.54, 1.807) is 6.07 Å². The molecule has 0 spiro atoms. The number of halogens is 2. The van der Waals surface area contributed by atoms with Crippen molar-refractivity contribution in [3.63, 3.8) is 0 Å². The first-order valence-corrected chi connectivity index (χ1v) is 6.68. The van der Waals surface area contributed by atoms with Gasteiger partial charge in [-0.1, -0.05) is 18.5 Å². The van der Waals surface area contributed by atoms with E-state index in [1.807, 2.05) is 6.92 Å². The number of aromatic nitrogens is 2. The number of ether oxygens (including phenoxy) is 1. The number of anilines is 1. The van der Waals surface area contributed by atoms with Crippen molar-refractivity contribution in [3.05, 3.63) is 40.8 Å². The van der Waals surface area contributed by atoms with Gasteiger partial charge >= 0.3 is 0 Å². The Kier molecular flexibility index (Phi) is 4.74. The average molecular weight is 296 g/mol. The Morgan fingerprint density at radius 2 is 2.10 bits per heavy atom. The van der Waals surface area contributed by atoms with Gasteiger partial charge < -0.3 is 10.1 Å². The van der Waals surface area contributed by atoms with Crippen molar-refractivity contribution < 1.29 is 9.13 Å². The lowest BCUT2D eigenvalue weighted by molar-refractivity contribution is 0.460. The van der Waals surface area contributed by atoms with Crippen LogP contribution in [0.15, 0.2) is 24.3 Å². The highest BCUT2D eigenvalue weighted by molar-refractivity contribution is 6.32. The van der Waals surface area contributed by atoms with Crippen molar-refractivity contribution in [1.82, 2.24) is 9.97 Å². The summed E-state index contributed by atoms with van der Waals surface area (Å²) in [6, 6.07) is 5.64. The van der Waals surface area contributed by atoms with Crippen LogP contribution in [0.3, 0.4) is 0 Å². The van der Waals surface area contributed by atoms with E-state index in [2.05, 4.69) is 22.2 Å². The molecule has 1 aromatic carbocycles. The zero-order valence-corrected chi connectivity index (χ0v) is 12.0. The SMILES string of the molecule is CCCNc1nc(C)cc(Oc2ccc(F)cc2Cl)n1. The largest absolute Gasteiger partial charge is 0.437 e. The van der Waals surface area contributed by atoms with Gasteiger partial charge in [0.25, 0.3) is 0 Å². The molecule has 0 aliphatic carbocycles. The van der Waals surface area contributed by atoms with E-state index in [0.717, 1.165) is 18.7 Å². The van der Waals surface area contributed by atoms with Crippen LogP contribution >= 0.6 is 11.6 Å². The van der Waals surface area contributed by atoms with Crippen molar-refractivity contribution in [3.8, 4) is 11.6 Å². The molecule has 0 atom stereocenters. The molecule has 0 bridgehead atoms. The highest BCUT2D eigenvalue weighted by Crippen LogP contribution is 2.29. The fourth-order valence-corrected chi connectivity index (χ4v) is 1.78. The molecule has 0 aliphatic heterocycles. The number of hydrogen-bond donors (Lipinski definition) is 1. The fraction of sp³-hybridized carbons (Fsp3) is 0.286. The van der Waals surface area contributed by atoms with E-state index in [1.165, 1.54) is 18.2 Å². The van der Waals surface area contributed by atoms with E-state index < -0.39 is 5.82 Å². The predicted octanol–water partition coefficient (Wildman–Crippen LogP) is 4.19. The maximum Gasteiger partial charge on any atom is 0.226 e. The van der Waals surface area contributed by atoms with Gasteiger partial charge in [0, 0.05) is 18.3 Å². The summed E-state index contributed by atoms with van der Waals surface area (Å²) in [5.41, 5.74) is 0.770. The maximum atomic E-state index is 13.0. The molecule has 4 nitrogen and oxygen atoms in total. The van der Waals surface area contributed by atoms with Gasteiger partial charge in [0.15, 0.2) is 0 Å². The second-order valence-corrected chi connectivity index (χ2v) is 4.68. The molecule has 0 saturated carbocycles. The Morgan fingerprint density at radius 3 is 2.80 bits per heavy atom. The maximum absolute atomic E-state index is 13.0. The number of benzene rings is 1. The second-order valence-electron chi connectivity index (χ2n) is 4.27. The van der Waals surface area contributed by atoms with Gasteiger partial charge in [-0.3, -0.25) is 0 Å². The molecule has 6 heteroatoms. The molecule has 1 N–H and O–H groups in total. The summed E-state index contributed by atoms with van der Waals surface area (Å²) in [7, 11) is 0. The van der Waals surface area contributed by atoms with Gasteiger partial charge in [-0.05, 0) is 31.5 Å². The van der Waals surface area contributed by atoms with Gasteiger partial charge in [-0.15, -0.1) is 0 Å². The van der Waals surface area contributed by atoms with Crippen molar-refractivity contribution in [1.29, 1.82) is 0 Å². The predicted molar refractivity (Wildman–Crippen MR) is 77.0 cm³/mol. The minimum atomic E-state index is -0.411. The zero-order chi connectivity index (χ0) is 14.5. The van der Waals surface area contributed by atoms with Crippen molar-refractivity contribution >= 4 is 17.5 Å². The van der Waals surface area contributed by atoms with Crippen molar-refractivity contribution in [2.75, 3.05) is 11.9 Å². The monoisotopic (exact) mass is 295 g/mol. The van der Waals surface area contributed by atoms with Crippen LogP contribution in [0.25, 0.3) is 0 Å².